The standard InChI is InChI=1S/C16H17NO/c1-3-11(2)17-12-8-9-16-14(10-12)13-6-4-5-7-15(13)18-16/h4-11,17H,3H2,1-2H3. The molecule has 92 valence electrons. The van der Waals surface area contributed by atoms with E-state index in [2.05, 4.69) is 37.4 Å². The van der Waals surface area contributed by atoms with Crippen LogP contribution in [0.1, 0.15) is 20.3 Å². The van der Waals surface area contributed by atoms with E-state index in [1.54, 1.807) is 0 Å². The summed E-state index contributed by atoms with van der Waals surface area (Å²) in [7, 11) is 0. The van der Waals surface area contributed by atoms with Crippen molar-refractivity contribution in [2.45, 2.75) is 26.3 Å². The maximum atomic E-state index is 5.81. The van der Waals surface area contributed by atoms with E-state index in [9.17, 15) is 0 Å². The second kappa shape index (κ2) is 4.37. The van der Waals surface area contributed by atoms with Gasteiger partial charge in [-0.3, -0.25) is 0 Å². The number of anilines is 1. The predicted octanol–water partition coefficient (Wildman–Crippen LogP) is 4.80. The minimum Gasteiger partial charge on any atom is -0.456 e. The van der Waals surface area contributed by atoms with Gasteiger partial charge in [0, 0.05) is 22.5 Å². The zero-order valence-electron chi connectivity index (χ0n) is 10.7. The molecule has 1 N–H and O–H groups in total. The molecule has 1 heterocycles. The summed E-state index contributed by atoms with van der Waals surface area (Å²) in [6, 6.07) is 14.9. The largest absolute Gasteiger partial charge is 0.456 e. The smallest absolute Gasteiger partial charge is 0.135 e. The molecule has 0 spiro atoms. The van der Waals surface area contributed by atoms with Crippen molar-refractivity contribution < 1.29 is 4.42 Å². The number of nitrogens with one attached hydrogen (secondary N) is 1. The summed E-state index contributed by atoms with van der Waals surface area (Å²) in [6.07, 6.45) is 1.12. The van der Waals surface area contributed by atoms with Crippen molar-refractivity contribution in [3.05, 3.63) is 42.5 Å². The normalized spacial score (nSPS) is 13.0. The van der Waals surface area contributed by atoms with Crippen LogP contribution in [0.15, 0.2) is 46.9 Å². The maximum absolute atomic E-state index is 5.81. The van der Waals surface area contributed by atoms with Gasteiger partial charge < -0.3 is 9.73 Å². The van der Waals surface area contributed by atoms with Crippen molar-refractivity contribution in [3.63, 3.8) is 0 Å². The average molecular weight is 239 g/mol. The number of hydrogen-bond acceptors (Lipinski definition) is 2. The first-order chi connectivity index (χ1) is 8.78. The molecule has 0 saturated heterocycles. The Kier molecular flexibility index (Phi) is 2.71. The molecule has 3 rings (SSSR count). The fourth-order valence-electron chi connectivity index (χ4n) is 2.20. The zero-order valence-corrected chi connectivity index (χ0v) is 10.7. The van der Waals surface area contributed by atoms with Crippen LogP contribution in [0.3, 0.4) is 0 Å². The predicted molar refractivity (Wildman–Crippen MR) is 77.1 cm³/mol. The van der Waals surface area contributed by atoms with Crippen LogP contribution in [0.2, 0.25) is 0 Å². The third-order valence-electron chi connectivity index (χ3n) is 3.40. The Hall–Kier alpha value is -1.96. The SMILES string of the molecule is CCC(C)Nc1ccc2oc3ccccc3c2c1. The van der Waals surface area contributed by atoms with Gasteiger partial charge in [0.1, 0.15) is 11.2 Å². The molecule has 1 aromatic heterocycles. The second-order valence-electron chi connectivity index (χ2n) is 4.76. The molecule has 2 heteroatoms. The van der Waals surface area contributed by atoms with Gasteiger partial charge in [0.15, 0.2) is 0 Å². The van der Waals surface area contributed by atoms with Crippen LogP contribution < -0.4 is 5.32 Å². The number of para-hydroxylation sites is 1. The van der Waals surface area contributed by atoms with E-state index >= 15 is 0 Å². The number of furan rings is 1. The fourth-order valence-corrected chi connectivity index (χ4v) is 2.20. The number of rotatable bonds is 3. The zero-order chi connectivity index (χ0) is 12.5. The lowest BCUT2D eigenvalue weighted by Gasteiger charge is -2.12. The Balaban J connectivity index is 2.12. The van der Waals surface area contributed by atoms with Crippen molar-refractivity contribution in [2.24, 2.45) is 0 Å². The van der Waals surface area contributed by atoms with Gasteiger partial charge in [-0.15, -0.1) is 0 Å². The summed E-state index contributed by atoms with van der Waals surface area (Å²) in [5.74, 6) is 0. The highest BCUT2D eigenvalue weighted by Crippen LogP contribution is 2.30. The molecule has 2 aromatic carbocycles. The quantitative estimate of drug-likeness (QED) is 0.710. The molecule has 0 saturated carbocycles. The highest BCUT2D eigenvalue weighted by Gasteiger charge is 2.07. The average Bonchev–Trinajstić information content (AvgIpc) is 2.77. The minimum absolute atomic E-state index is 0.487. The van der Waals surface area contributed by atoms with Gasteiger partial charge in [-0.25, -0.2) is 0 Å². The minimum atomic E-state index is 0.487. The van der Waals surface area contributed by atoms with Crippen molar-refractivity contribution in [2.75, 3.05) is 5.32 Å². The van der Waals surface area contributed by atoms with Crippen LogP contribution in [-0.4, -0.2) is 6.04 Å². The van der Waals surface area contributed by atoms with Gasteiger partial charge >= 0.3 is 0 Å². The summed E-state index contributed by atoms with van der Waals surface area (Å²) in [5, 5.41) is 5.86. The van der Waals surface area contributed by atoms with Gasteiger partial charge in [-0.1, -0.05) is 25.1 Å². The van der Waals surface area contributed by atoms with Gasteiger partial charge in [0.2, 0.25) is 0 Å². The summed E-state index contributed by atoms with van der Waals surface area (Å²) >= 11 is 0. The Morgan fingerprint density at radius 3 is 2.67 bits per heavy atom. The van der Waals surface area contributed by atoms with Gasteiger partial charge in [0.25, 0.3) is 0 Å². The monoisotopic (exact) mass is 239 g/mol. The summed E-state index contributed by atoms with van der Waals surface area (Å²) in [4.78, 5) is 0. The molecule has 0 radical (unpaired) electrons. The van der Waals surface area contributed by atoms with Gasteiger partial charge in [-0.2, -0.15) is 0 Å². The molecular weight excluding hydrogens is 222 g/mol. The third-order valence-corrected chi connectivity index (χ3v) is 3.40. The van der Waals surface area contributed by atoms with Crippen LogP contribution in [0.25, 0.3) is 21.9 Å². The molecule has 3 aromatic rings. The third kappa shape index (κ3) is 1.84. The first-order valence-electron chi connectivity index (χ1n) is 6.46. The molecular formula is C16H17NO. The van der Waals surface area contributed by atoms with Crippen LogP contribution in [0.4, 0.5) is 5.69 Å². The second-order valence-corrected chi connectivity index (χ2v) is 4.76. The fraction of sp³-hybridized carbons (Fsp3) is 0.250. The number of hydrogen-bond donors (Lipinski definition) is 1. The summed E-state index contributed by atoms with van der Waals surface area (Å²) in [5.41, 5.74) is 3.06. The molecule has 0 fully saturated rings. The first kappa shape index (κ1) is 11.1. The molecule has 0 bridgehead atoms. The first-order valence-corrected chi connectivity index (χ1v) is 6.46. The summed E-state index contributed by atoms with van der Waals surface area (Å²) in [6.45, 7) is 4.38. The molecule has 0 aliphatic rings. The Labute approximate surface area is 107 Å². The highest BCUT2D eigenvalue weighted by molar-refractivity contribution is 6.05. The number of fused-ring (bicyclic) bond motifs is 3. The van der Waals surface area contributed by atoms with Crippen molar-refractivity contribution >= 4 is 27.6 Å². The Bertz CT molecular complexity index is 684. The maximum Gasteiger partial charge on any atom is 0.135 e. The lowest BCUT2D eigenvalue weighted by atomic mass is 10.1. The van der Waals surface area contributed by atoms with Gasteiger partial charge in [-0.05, 0) is 37.6 Å². The van der Waals surface area contributed by atoms with E-state index in [1.807, 2.05) is 24.3 Å². The van der Waals surface area contributed by atoms with Crippen LogP contribution in [0.5, 0.6) is 0 Å². The van der Waals surface area contributed by atoms with Crippen molar-refractivity contribution in [1.29, 1.82) is 0 Å². The lowest BCUT2D eigenvalue weighted by molar-refractivity contribution is 0.669. The molecule has 0 amide bonds. The van der Waals surface area contributed by atoms with E-state index in [0.717, 1.165) is 23.3 Å². The Morgan fingerprint density at radius 1 is 1.06 bits per heavy atom. The van der Waals surface area contributed by atoms with E-state index < -0.39 is 0 Å². The van der Waals surface area contributed by atoms with Crippen molar-refractivity contribution in [1.82, 2.24) is 0 Å². The van der Waals surface area contributed by atoms with Crippen LogP contribution in [-0.2, 0) is 0 Å². The topological polar surface area (TPSA) is 25.2 Å². The Morgan fingerprint density at radius 2 is 1.83 bits per heavy atom. The molecule has 0 aliphatic heterocycles. The highest BCUT2D eigenvalue weighted by atomic mass is 16.3. The molecule has 2 nitrogen and oxygen atoms in total. The molecule has 1 unspecified atom stereocenters. The molecule has 1 atom stereocenters. The number of benzene rings is 2. The van der Waals surface area contributed by atoms with E-state index in [0.29, 0.717) is 6.04 Å². The molecule has 0 aliphatic carbocycles. The lowest BCUT2D eigenvalue weighted by Crippen LogP contribution is -2.12. The van der Waals surface area contributed by atoms with Crippen LogP contribution in [0, 0.1) is 0 Å². The summed E-state index contributed by atoms with van der Waals surface area (Å²) < 4.78 is 5.81. The van der Waals surface area contributed by atoms with E-state index in [-0.39, 0.29) is 0 Å². The van der Waals surface area contributed by atoms with Crippen molar-refractivity contribution in [3.8, 4) is 0 Å². The van der Waals surface area contributed by atoms with E-state index in [4.69, 9.17) is 4.42 Å². The molecule has 18 heavy (non-hydrogen) atoms. The van der Waals surface area contributed by atoms with E-state index in [1.165, 1.54) is 10.8 Å². The van der Waals surface area contributed by atoms with Gasteiger partial charge in [0.05, 0.1) is 0 Å². The van der Waals surface area contributed by atoms with Crippen LogP contribution >= 0.6 is 0 Å².